The summed E-state index contributed by atoms with van der Waals surface area (Å²) in [7, 11) is 0. The van der Waals surface area contributed by atoms with E-state index in [9.17, 15) is 14.4 Å². The Balaban J connectivity index is 1.35. The van der Waals surface area contributed by atoms with Crippen LogP contribution in [0, 0.1) is 10.5 Å². The molecule has 0 atom stereocenters. The summed E-state index contributed by atoms with van der Waals surface area (Å²) in [5, 5.41) is 3.25. The number of rotatable bonds is 10. The fraction of sp³-hybridized carbons (Fsp3) is 0.147. The number of amides is 4. The molecule has 0 aliphatic carbocycles. The molecule has 1 N–H and O–H groups in total. The van der Waals surface area contributed by atoms with Crippen molar-refractivity contribution in [1.29, 1.82) is 0 Å². The van der Waals surface area contributed by atoms with Crippen molar-refractivity contribution in [3.63, 3.8) is 0 Å². The Morgan fingerprint density at radius 1 is 0.889 bits per heavy atom. The van der Waals surface area contributed by atoms with Crippen LogP contribution in [0.25, 0.3) is 6.08 Å². The summed E-state index contributed by atoms with van der Waals surface area (Å²) < 4.78 is 18.5. The second kappa shape index (κ2) is 14.4. The second-order valence-corrected chi connectivity index (χ2v) is 12.0. The molecule has 0 bridgehead atoms. The van der Waals surface area contributed by atoms with Gasteiger partial charge in [-0.1, -0.05) is 59.1 Å². The van der Waals surface area contributed by atoms with Gasteiger partial charge in [0.25, 0.3) is 11.8 Å². The molecule has 1 heterocycles. The number of aryl methyl sites for hydroxylation is 1. The number of benzene rings is 4. The summed E-state index contributed by atoms with van der Waals surface area (Å²) in [6, 6.07) is 22.1. The number of hydrogen-bond acceptors (Lipinski definition) is 6. The predicted molar refractivity (Wildman–Crippen MR) is 182 cm³/mol. The van der Waals surface area contributed by atoms with Gasteiger partial charge in [0.15, 0.2) is 11.5 Å². The second-order valence-electron chi connectivity index (χ2n) is 10.0. The number of carbonyl (C=O) groups is 3. The predicted octanol–water partition coefficient (Wildman–Crippen LogP) is 8.13. The molecule has 1 aliphatic rings. The summed E-state index contributed by atoms with van der Waals surface area (Å²) in [5.74, 6) is -0.0509. The normalized spacial score (nSPS) is 14.0. The smallest absolute Gasteiger partial charge is 0.335 e. The van der Waals surface area contributed by atoms with E-state index in [1.165, 1.54) is 6.08 Å². The van der Waals surface area contributed by atoms with Crippen molar-refractivity contribution in [2.45, 2.75) is 27.1 Å². The number of ether oxygens (including phenoxy) is 3. The number of barbiturate groups is 1. The van der Waals surface area contributed by atoms with E-state index < -0.39 is 17.8 Å². The van der Waals surface area contributed by atoms with Crippen LogP contribution in [0.2, 0.25) is 10.0 Å². The molecular formula is C34H27Cl2IN2O6. The standard InChI is InChI=1S/C34H27Cl2IN2O6/c1-3-43-30-16-22(15-29(37)31(30)45-18-21-6-4-5-20(2)13-21)14-27-32(40)38-34(42)39(33(27)41)25-9-11-26(12-10-25)44-19-23-7-8-24(35)17-28(23)36/h4-17H,3,18-19H2,1-2H3,(H,38,40,42)/b27-14+. The van der Waals surface area contributed by atoms with Crippen molar-refractivity contribution in [3.8, 4) is 17.2 Å². The minimum atomic E-state index is -0.853. The van der Waals surface area contributed by atoms with Crippen LogP contribution in [-0.4, -0.2) is 24.5 Å². The molecule has 45 heavy (non-hydrogen) atoms. The van der Waals surface area contributed by atoms with Crippen LogP contribution >= 0.6 is 45.8 Å². The highest BCUT2D eigenvalue weighted by Crippen LogP contribution is 2.36. The van der Waals surface area contributed by atoms with Gasteiger partial charge in [-0.2, -0.15) is 0 Å². The van der Waals surface area contributed by atoms with Gasteiger partial charge >= 0.3 is 6.03 Å². The molecule has 0 spiro atoms. The largest absolute Gasteiger partial charge is 0.490 e. The quantitative estimate of drug-likeness (QED) is 0.0999. The van der Waals surface area contributed by atoms with Gasteiger partial charge < -0.3 is 14.2 Å². The average molecular weight is 757 g/mol. The molecule has 4 aromatic rings. The summed E-state index contributed by atoms with van der Waals surface area (Å²) in [4.78, 5) is 40.0. The Morgan fingerprint density at radius 2 is 1.67 bits per heavy atom. The van der Waals surface area contributed by atoms with Crippen LogP contribution in [0.5, 0.6) is 17.2 Å². The van der Waals surface area contributed by atoms with Crippen molar-refractivity contribution < 1.29 is 28.6 Å². The molecule has 1 fully saturated rings. The molecule has 0 radical (unpaired) electrons. The topological polar surface area (TPSA) is 94.2 Å². The molecule has 8 nitrogen and oxygen atoms in total. The molecule has 0 unspecified atom stereocenters. The molecule has 1 saturated heterocycles. The molecule has 0 aromatic heterocycles. The van der Waals surface area contributed by atoms with Crippen molar-refractivity contribution in [2.24, 2.45) is 0 Å². The highest BCUT2D eigenvalue weighted by Gasteiger charge is 2.37. The number of imide groups is 2. The van der Waals surface area contributed by atoms with Crippen molar-refractivity contribution >= 4 is 75.4 Å². The summed E-state index contributed by atoms with van der Waals surface area (Å²) in [6.07, 6.45) is 1.43. The van der Waals surface area contributed by atoms with Crippen LogP contribution in [0.4, 0.5) is 10.5 Å². The highest BCUT2D eigenvalue weighted by atomic mass is 127. The molecule has 11 heteroatoms. The van der Waals surface area contributed by atoms with E-state index >= 15 is 0 Å². The van der Waals surface area contributed by atoms with E-state index in [1.54, 1.807) is 54.6 Å². The Labute approximate surface area is 284 Å². The zero-order chi connectivity index (χ0) is 32.1. The van der Waals surface area contributed by atoms with Gasteiger partial charge in [0, 0.05) is 15.6 Å². The lowest BCUT2D eigenvalue weighted by Gasteiger charge is -2.26. The lowest BCUT2D eigenvalue weighted by Crippen LogP contribution is -2.54. The number of nitrogens with one attached hydrogen (secondary N) is 1. The number of halogens is 3. The van der Waals surface area contributed by atoms with Gasteiger partial charge in [0.1, 0.15) is 24.5 Å². The van der Waals surface area contributed by atoms with Crippen molar-refractivity contribution in [3.05, 3.63) is 120 Å². The molecule has 1 aliphatic heterocycles. The van der Waals surface area contributed by atoms with Gasteiger partial charge in [0.05, 0.1) is 15.9 Å². The molecule has 5 rings (SSSR count). The molecule has 4 amide bonds. The SMILES string of the molecule is CCOc1cc(/C=C2\C(=O)NC(=O)N(c3ccc(OCc4ccc(Cl)cc4Cl)cc3)C2=O)cc(I)c1OCc1cccc(C)c1. The van der Waals surface area contributed by atoms with E-state index in [2.05, 4.69) is 27.9 Å². The van der Waals surface area contributed by atoms with Crippen LogP contribution in [-0.2, 0) is 22.8 Å². The third-order valence-electron chi connectivity index (χ3n) is 6.71. The molecule has 0 saturated carbocycles. The maximum absolute atomic E-state index is 13.5. The van der Waals surface area contributed by atoms with E-state index in [1.807, 2.05) is 38.1 Å². The van der Waals surface area contributed by atoms with E-state index in [4.69, 9.17) is 37.4 Å². The summed E-state index contributed by atoms with van der Waals surface area (Å²) >= 11 is 14.3. The first-order valence-electron chi connectivity index (χ1n) is 13.9. The van der Waals surface area contributed by atoms with Gasteiger partial charge in [-0.15, -0.1) is 0 Å². The maximum Gasteiger partial charge on any atom is 0.335 e. The van der Waals surface area contributed by atoms with E-state index in [0.717, 1.165) is 25.2 Å². The van der Waals surface area contributed by atoms with Crippen LogP contribution in [0.3, 0.4) is 0 Å². The van der Waals surface area contributed by atoms with Crippen molar-refractivity contribution in [1.82, 2.24) is 5.32 Å². The molecular weight excluding hydrogens is 730 g/mol. The fourth-order valence-electron chi connectivity index (χ4n) is 4.58. The number of hydrogen-bond donors (Lipinski definition) is 1. The van der Waals surface area contributed by atoms with Gasteiger partial charge in [-0.05, 0) is 102 Å². The Morgan fingerprint density at radius 3 is 2.38 bits per heavy atom. The Bertz CT molecular complexity index is 1810. The first-order chi connectivity index (χ1) is 21.6. The third-order valence-corrected chi connectivity index (χ3v) is 8.10. The maximum atomic E-state index is 13.5. The zero-order valence-electron chi connectivity index (χ0n) is 24.2. The molecule has 230 valence electrons. The van der Waals surface area contributed by atoms with Crippen LogP contribution in [0.1, 0.15) is 29.2 Å². The zero-order valence-corrected chi connectivity index (χ0v) is 27.9. The van der Waals surface area contributed by atoms with Gasteiger partial charge in [-0.25, -0.2) is 9.69 Å². The van der Waals surface area contributed by atoms with Gasteiger partial charge in [0.2, 0.25) is 0 Å². The van der Waals surface area contributed by atoms with E-state index in [-0.39, 0.29) is 17.9 Å². The first-order valence-corrected chi connectivity index (χ1v) is 15.7. The molecule has 4 aromatic carbocycles. The summed E-state index contributed by atoms with van der Waals surface area (Å²) in [5.41, 5.74) is 3.47. The Kier molecular flexibility index (Phi) is 10.3. The number of carbonyl (C=O) groups excluding carboxylic acids is 3. The van der Waals surface area contributed by atoms with Crippen molar-refractivity contribution in [2.75, 3.05) is 11.5 Å². The first kappa shape index (κ1) is 32.3. The number of nitrogens with zero attached hydrogens (tertiary/aromatic N) is 1. The Hall–Kier alpha value is -4.06. The summed E-state index contributed by atoms with van der Waals surface area (Å²) in [6.45, 7) is 4.79. The lowest BCUT2D eigenvalue weighted by atomic mass is 10.1. The minimum Gasteiger partial charge on any atom is -0.490 e. The number of urea groups is 1. The van der Waals surface area contributed by atoms with E-state index in [0.29, 0.717) is 46.1 Å². The van der Waals surface area contributed by atoms with Crippen LogP contribution < -0.4 is 24.4 Å². The fourth-order valence-corrected chi connectivity index (χ4v) is 5.83. The van der Waals surface area contributed by atoms with Gasteiger partial charge in [-0.3, -0.25) is 14.9 Å². The third kappa shape index (κ3) is 7.78. The number of anilines is 1. The average Bonchev–Trinajstić information content (AvgIpc) is 2.99. The monoisotopic (exact) mass is 756 g/mol. The lowest BCUT2D eigenvalue weighted by molar-refractivity contribution is -0.122. The van der Waals surface area contributed by atoms with Crippen LogP contribution in [0.15, 0.2) is 84.4 Å². The minimum absolute atomic E-state index is 0.193. The highest BCUT2D eigenvalue weighted by molar-refractivity contribution is 14.1.